The summed E-state index contributed by atoms with van der Waals surface area (Å²) in [6.07, 6.45) is 0.569. The molecule has 0 radical (unpaired) electrons. The Balaban J connectivity index is 1.55. The predicted octanol–water partition coefficient (Wildman–Crippen LogP) is 4.69. The molecule has 7 nitrogen and oxygen atoms in total. The molecule has 1 heterocycles. The Hall–Kier alpha value is -4.00. The number of urea groups is 1. The normalized spacial score (nSPS) is 11.7. The number of nitrogens with zero attached hydrogens (tertiary/aromatic N) is 1. The number of H-pyrrole nitrogens is 1. The van der Waals surface area contributed by atoms with Crippen LogP contribution in [0.15, 0.2) is 72.8 Å². The van der Waals surface area contributed by atoms with E-state index in [0.29, 0.717) is 17.9 Å². The number of carbonyl (C=O) groups excluding carboxylic acids is 1. The highest BCUT2D eigenvalue weighted by Crippen LogP contribution is 2.22. The number of nitrogens with one attached hydrogen (secondary N) is 3. The van der Waals surface area contributed by atoms with E-state index in [9.17, 15) is 4.79 Å². The first-order chi connectivity index (χ1) is 15.1. The summed E-state index contributed by atoms with van der Waals surface area (Å²) in [6, 6.07) is 22.1. The highest BCUT2D eigenvalue weighted by Gasteiger charge is 2.19. The molecule has 4 rings (SSSR count). The molecule has 3 aromatic carbocycles. The first kappa shape index (κ1) is 20.3. The number of amides is 2. The van der Waals surface area contributed by atoms with Crippen LogP contribution in [0.1, 0.15) is 17.4 Å². The van der Waals surface area contributed by atoms with E-state index in [4.69, 9.17) is 9.47 Å². The highest BCUT2D eigenvalue weighted by molar-refractivity contribution is 5.89. The van der Waals surface area contributed by atoms with Crippen LogP contribution in [0.2, 0.25) is 0 Å². The van der Waals surface area contributed by atoms with Crippen molar-refractivity contribution in [2.75, 3.05) is 19.5 Å². The third kappa shape index (κ3) is 4.95. The van der Waals surface area contributed by atoms with Gasteiger partial charge in [-0.25, -0.2) is 9.78 Å². The molecule has 0 spiro atoms. The zero-order valence-corrected chi connectivity index (χ0v) is 17.4. The van der Waals surface area contributed by atoms with Crippen LogP contribution in [-0.4, -0.2) is 30.2 Å². The second kappa shape index (κ2) is 9.21. The van der Waals surface area contributed by atoms with Gasteiger partial charge in [0.1, 0.15) is 17.3 Å². The van der Waals surface area contributed by atoms with Crippen LogP contribution in [0.4, 0.5) is 10.5 Å². The van der Waals surface area contributed by atoms with Crippen molar-refractivity contribution in [2.45, 2.75) is 12.5 Å². The van der Waals surface area contributed by atoms with E-state index in [1.165, 1.54) is 0 Å². The number of benzene rings is 3. The number of anilines is 1. The lowest BCUT2D eigenvalue weighted by Crippen LogP contribution is -2.34. The summed E-state index contributed by atoms with van der Waals surface area (Å²) in [5.41, 5.74) is 3.51. The Labute approximate surface area is 180 Å². The Bertz CT molecular complexity index is 1120. The summed E-state index contributed by atoms with van der Waals surface area (Å²) in [5.74, 6) is 2.21. The third-order valence-corrected chi connectivity index (χ3v) is 4.99. The predicted molar refractivity (Wildman–Crippen MR) is 121 cm³/mol. The van der Waals surface area contributed by atoms with Crippen LogP contribution in [0, 0.1) is 0 Å². The Morgan fingerprint density at radius 3 is 2.23 bits per heavy atom. The summed E-state index contributed by atoms with van der Waals surface area (Å²) in [7, 11) is 3.24. The minimum Gasteiger partial charge on any atom is -0.497 e. The van der Waals surface area contributed by atoms with Gasteiger partial charge in [-0.3, -0.25) is 0 Å². The lowest BCUT2D eigenvalue weighted by molar-refractivity contribution is 0.248. The average molecular weight is 416 g/mol. The van der Waals surface area contributed by atoms with Crippen molar-refractivity contribution in [3.63, 3.8) is 0 Å². The molecule has 2 amide bonds. The molecule has 0 aliphatic rings. The molecule has 0 aliphatic heterocycles. The van der Waals surface area contributed by atoms with E-state index in [0.717, 1.165) is 28.1 Å². The fourth-order valence-corrected chi connectivity index (χ4v) is 3.35. The summed E-state index contributed by atoms with van der Waals surface area (Å²) in [5, 5.41) is 5.91. The SMILES string of the molecule is COc1ccc(CC(NC(=O)Nc2ccc(OC)cc2)c2nc3ccccc3[nH]2)cc1. The number of para-hydroxylation sites is 2. The van der Waals surface area contributed by atoms with Gasteiger partial charge in [-0.15, -0.1) is 0 Å². The molecule has 4 aromatic rings. The summed E-state index contributed by atoms with van der Waals surface area (Å²) in [4.78, 5) is 20.8. The van der Waals surface area contributed by atoms with Crippen molar-refractivity contribution >= 4 is 22.8 Å². The first-order valence-electron chi connectivity index (χ1n) is 9.94. The van der Waals surface area contributed by atoms with Gasteiger partial charge in [-0.05, 0) is 60.5 Å². The van der Waals surface area contributed by atoms with Gasteiger partial charge in [-0.1, -0.05) is 24.3 Å². The minimum absolute atomic E-state index is 0.316. The number of aromatic amines is 1. The van der Waals surface area contributed by atoms with Crippen LogP contribution >= 0.6 is 0 Å². The van der Waals surface area contributed by atoms with Gasteiger partial charge in [0.15, 0.2) is 0 Å². The Morgan fingerprint density at radius 2 is 1.58 bits per heavy atom. The van der Waals surface area contributed by atoms with Crippen LogP contribution < -0.4 is 20.1 Å². The van der Waals surface area contributed by atoms with Crippen molar-refractivity contribution in [3.05, 3.63) is 84.2 Å². The number of aromatic nitrogens is 2. The number of hydrogen-bond acceptors (Lipinski definition) is 4. The van der Waals surface area contributed by atoms with Crippen LogP contribution in [0.5, 0.6) is 11.5 Å². The maximum absolute atomic E-state index is 12.7. The van der Waals surface area contributed by atoms with E-state index in [2.05, 4.69) is 20.6 Å². The molecule has 7 heteroatoms. The van der Waals surface area contributed by atoms with Crippen LogP contribution in [0.25, 0.3) is 11.0 Å². The number of ether oxygens (including phenoxy) is 2. The van der Waals surface area contributed by atoms with E-state index < -0.39 is 0 Å². The minimum atomic E-state index is -0.348. The fraction of sp³-hybridized carbons (Fsp3) is 0.167. The smallest absolute Gasteiger partial charge is 0.319 e. The largest absolute Gasteiger partial charge is 0.497 e. The summed E-state index contributed by atoms with van der Waals surface area (Å²) in [6.45, 7) is 0. The lowest BCUT2D eigenvalue weighted by atomic mass is 10.1. The monoisotopic (exact) mass is 416 g/mol. The zero-order chi connectivity index (χ0) is 21.6. The van der Waals surface area contributed by atoms with Gasteiger partial charge in [0.25, 0.3) is 0 Å². The Morgan fingerprint density at radius 1 is 0.935 bits per heavy atom. The van der Waals surface area contributed by atoms with Gasteiger partial charge in [0, 0.05) is 5.69 Å². The Kier molecular flexibility index (Phi) is 6.03. The molecule has 1 aromatic heterocycles. The molecule has 0 saturated carbocycles. The third-order valence-electron chi connectivity index (χ3n) is 4.99. The molecule has 158 valence electrons. The molecule has 1 unspecified atom stereocenters. The zero-order valence-electron chi connectivity index (χ0n) is 17.4. The molecular formula is C24H24N4O3. The van der Waals surface area contributed by atoms with Crippen LogP contribution in [0.3, 0.4) is 0 Å². The van der Waals surface area contributed by atoms with Gasteiger partial charge in [0.05, 0.1) is 31.3 Å². The van der Waals surface area contributed by atoms with Crippen LogP contribution in [-0.2, 0) is 6.42 Å². The summed E-state index contributed by atoms with van der Waals surface area (Å²) >= 11 is 0. The first-order valence-corrected chi connectivity index (χ1v) is 9.94. The molecule has 0 fully saturated rings. The molecule has 1 atom stereocenters. The quantitative estimate of drug-likeness (QED) is 0.408. The van der Waals surface area contributed by atoms with E-state index in [1.54, 1.807) is 38.5 Å². The molecule has 31 heavy (non-hydrogen) atoms. The van der Waals surface area contributed by atoms with Crippen molar-refractivity contribution in [3.8, 4) is 11.5 Å². The van der Waals surface area contributed by atoms with E-state index in [-0.39, 0.29) is 12.1 Å². The van der Waals surface area contributed by atoms with Crippen molar-refractivity contribution in [1.82, 2.24) is 15.3 Å². The fourth-order valence-electron chi connectivity index (χ4n) is 3.35. The second-order valence-electron chi connectivity index (χ2n) is 7.07. The van der Waals surface area contributed by atoms with Gasteiger partial charge < -0.3 is 25.1 Å². The lowest BCUT2D eigenvalue weighted by Gasteiger charge is -2.18. The maximum atomic E-state index is 12.7. The van der Waals surface area contributed by atoms with Gasteiger partial charge in [0.2, 0.25) is 0 Å². The molecule has 0 aliphatic carbocycles. The number of fused-ring (bicyclic) bond motifs is 1. The second-order valence-corrected chi connectivity index (χ2v) is 7.07. The number of rotatable bonds is 7. The number of methoxy groups -OCH3 is 2. The van der Waals surface area contributed by atoms with Gasteiger partial charge >= 0.3 is 6.03 Å². The van der Waals surface area contributed by atoms with Crippen molar-refractivity contribution in [1.29, 1.82) is 0 Å². The molecule has 0 bridgehead atoms. The van der Waals surface area contributed by atoms with E-state index in [1.807, 2.05) is 48.5 Å². The molecular weight excluding hydrogens is 392 g/mol. The standard InChI is InChI=1S/C24H24N4O3/c1-30-18-11-7-16(8-12-18)15-22(23-26-20-5-3-4-6-21(20)27-23)28-24(29)25-17-9-13-19(31-2)14-10-17/h3-14,22H,15H2,1-2H3,(H,26,27)(H2,25,28,29). The topological polar surface area (TPSA) is 88.3 Å². The van der Waals surface area contributed by atoms with Gasteiger partial charge in [-0.2, -0.15) is 0 Å². The average Bonchev–Trinajstić information content (AvgIpc) is 3.24. The van der Waals surface area contributed by atoms with E-state index >= 15 is 0 Å². The highest BCUT2D eigenvalue weighted by atomic mass is 16.5. The number of carbonyl (C=O) groups is 1. The van der Waals surface area contributed by atoms with Crippen molar-refractivity contribution < 1.29 is 14.3 Å². The van der Waals surface area contributed by atoms with Crippen molar-refractivity contribution in [2.24, 2.45) is 0 Å². The maximum Gasteiger partial charge on any atom is 0.319 e. The number of hydrogen-bond donors (Lipinski definition) is 3. The molecule has 3 N–H and O–H groups in total. The molecule has 0 saturated heterocycles. The summed E-state index contributed by atoms with van der Waals surface area (Å²) < 4.78 is 10.4. The number of imidazole rings is 1.